The van der Waals surface area contributed by atoms with Crippen LogP contribution in [0, 0.1) is 5.92 Å². The van der Waals surface area contributed by atoms with Crippen molar-refractivity contribution in [3.05, 3.63) is 30.3 Å². The highest BCUT2D eigenvalue weighted by Crippen LogP contribution is 2.23. The molecule has 0 radical (unpaired) electrons. The van der Waals surface area contributed by atoms with Gasteiger partial charge in [-0.05, 0) is 25.1 Å². The van der Waals surface area contributed by atoms with E-state index in [9.17, 15) is 5.11 Å². The Labute approximate surface area is 95.1 Å². The number of hydrogen-bond donors (Lipinski definition) is 2. The fourth-order valence-electron chi connectivity index (χ4n) is 1.80. The van der Waals surface area contributed by atoms with Gasteiger partial charge in [-0.2, -0.15) is 0 Å². The second-order valence-electron chi connectivity index (χ2n) is 3.94. The fourth-order valence-corrected chi connectivity index (χ4v) is 2.90. The van der Waals surface area contributed by atoms with E-state index in [1.807, 2.05) is 17.8 Å². The maximum Gasteiger partial charge on any atom is 0.0600 e. The van der Waals surface area contributed by atoms with Crippen LogP contribution in [0.4, 0.5) is 0 Å². The molecule has 1 aromatic carbocycles. The van der Waals surface area contributed by atoms with E-state index in [1.165, 1.54) is 4.90 Å². The van der Waals surface area contributed by atoms with Crippen molar-refractivity contribution in [1.29, 1.82) is 0 Å². The van der Waals surface area contributed by atoms with Crippen molar-refractivity contribution in [2.24, 2.45) is 5.92 Å². The number of nitrogens with one attached hydrogen (secondary N) is 1. The van der Waals surface area contributed by atoms with Crippen LogP contribution in [0.15, 0.2) is 35.2 Å². The van der Waals surface area contributed by atoms with Crippen LogP contribution in [0.2, 0.25) is 0 Å². The van der Waals surface area contributed by atoms with Crippen molar-refractivity contribution < 1.29 is 5.11 Å². The zero-order valence-corrected chi connectivity index (χ0v) is 9.54. The quantitative estimate of drug-likeness (QED) is 0.766. The average molecular weight is 223 g/mol. The van der Waals surface area contributed by atoms with Gasteiger partial charge in [0, 0.05) is 23.1 Å². The van der Waals surface area contributed by atoms with E-state index in [1.54, 1.807) is 0 Å². The largest absolute Gasteiger partial charge is 0.393 e. The Morgan fingerprint density at radius 1 is 1.33 bits per heavy atom. The van der Waals surface area contributed by atoms with Gasteiger partial charge in [0.2, 0.25) is 0 Å². The zero-order valence-electron chi connectivity index (χ0n) is 8.73. The molecule has 2 unspecified atom stereocenters. The monoisotopic (exact) mass is 223 g/mol. The van der Waals surface area contributed by atoms with E-state index in [0.717, 1.165) is 25.3 Å². The lowest BCUT2D eigenvalue weighted by Crippen LogP contribution is -2.41. The number of benzene rings is 1. The predicted molar refractivity (Wildman–Crippen MR) is 64.1 cm³/mol. The summed E-state index contributed by atoms with van der Waals surface area (Å²) in [6, 6.07) is 10.4. The van der Waals surface area contributed by atoms with Crippen LogP contribution in [-0.2, 0) is 0 Å². The van der Waals surface area contributed by atoms with E-state index in [-0.39, 0.29) is 6.10 Å². The predicted octanol–water partition coefficient (Wildman–Crippen LogP) is 1.75. The Hall–Kier alpha value is -0.510. The SMILES string of the molecule is OC1CCNCC1CSc1ccccc1. The van der Waals surface area contributed by atoms with Gasteiger partial charge in [0.1, 0.15) is 0 Å². The number of aliphatic hydroxyl groups is 1. The molecule has 2 atom stereocenters. The molecular weight excluding hydrogens is 206 g/mol. The van der Waals surface area contributed by atoms with Gasteiger partial charge in [0.25, 0.3) is 0 Å². The zero-order chi connectivity index (χ0) is 10.5. The van der Waals surface area contributed by atoms with Crippen LogP contribution < -0.4 is 5.32 Å². The molecule has 3 heteroatoms. The number of thioether (sulfide) groups is 1. The molecule has 1 aliphatic rings. The van der Waals surface area contributed by atoms with Crippen molar-refractivity contribution >= 4 is 11.8 Å². The van der Waals surface area contributed by atoms with Gasteiger partial charge < -0.3 is 10.4 Å². The van der Waals surface area contributed by atoms with Gasteiger partial charge >= 0.3 is 0 Å². The van der Waals surface area contributed by atoms with Crippen molar-refractivity contribution in [2.75, 3.05) is 18.8 Å². The van der Waals surface area contributed by atoms with E-state index >= 15 is 0 Å². The smallest absolute Gasteiger partial charge is 0.0600 e. The van der Waals surface area contributed by atoms with Crippen LogP contribution in [-0.4, -0.2) is 30.1 Å². The molecule has 1 fully saturated rings. The number of aliphatic hydroxyl groups excluding tert-OH is 1. The first-order chi connectivity index (χ1) is 7.36. The van der Waals surface area contributed by atoms with Gasteiger partial charge in [-0.3, -0.25) is 0 Å². The van der Waals surface area contributed by atoms with Crippen LogP contribution in [0.5, 0.6) is 0 Å². The third kappa shape index (κ3) is 3.23. The Bertz CT molecular complexity index is 291. The van der Waals surface area contributed by atoms with Crippen molar-refractivity contribution in [2.45, 2.75) is 17.4 Å². The summed E-state index contributed by atoms with van der Waals surface area (Å²) in [5, 5.41) is 13.1. The van der Waals surface area contributed by atoms with Crippen molar-refractivity contribution in [3.63, 3.8) is 0 Å². The molecule has 0 amide bonds. The molecule has 1 aromatic rings. The third-order valence-electron chi connectivity index (χ3n) is 2.77. The molecule has 2 N–H and O–H groups in total. The highest BCUT2D eigenvalue weighted by atomic mass is 32.2. The molecule has 1 saturated heterocycles. The van der Waals surface area contributed by atoms with Crippen LogP contribution >= 0.6 is 11.8 Å². The average Bonchev–Trinajstić information content (AvgIpc) is 2.29. The molecule has 0 aliphatic carbocycles. The second kappa shape index (κ2) is 5.54. The lowest BCUT2D eigenvalue weighted by atomic mass is 9.98. The standard InChI is InChI=1S/C12H17NOS/c14-12-6-7-13-8-10(12)9-15-11-4-2-1-3-5-11/h1-5,10,12-14H,6-9H2. The molecular formula is C12H17NOS. The molecule has 15 heavy (non-hydrogen) atoms. The number of hydrogen-bond acceptors (Lipinski definition) is 3. The summed E-state index contributed by atoms with van der Waals surface area (Å²) < 4.78 is 0. The van der Waals surface area contributed by atoms with Gasteiger partial charge in [0.05, 0.1) is 6.10 Å². The summed E-state index contributed by atoms with van der Waals surface area (Å²) in [6.45, 7) is 1.90. The molecule has 0 aromatic heterocycles. The summed E-state index contributed by atoms with van der Waals surface area (Å²) in [7, 11) is 0. The molecule has 82 valence electrons. The summed E-state index contributed by atoms with van der Waals surface area (Å²) in [6.07, 6.45) is 0.766. The first kappa shape index (κ1) is 11.0. The Morgan fingerprint density at radius 3 is 2.87 bits per heavy atom. The van der Waals surface area contributed by atoms with Gasteiger partial charge in [-0.1, -0.05) is 18.2 Å². The summed E-state index contributed by atoms with van der Waals surface area (Å²) in [4.78, 5) is 1.29. The number of rotatable bonds is 3. The van der Waals surface area contributed by atoms with Gasteiger partial charge in [-0.15, -0.1) is 11.8 Å². The lowest BCUT2D eigenvalue weighted by molar-refractivity contribution is 0.0905. The third-order valence-corrected chi connectivity index (χ3v) is 3.98. The van der Waals surface area contributed by atoms with Crippen LogP contribution in [0.1, 0.15) is 6.42 Å². The normalized spacial score (nSPS) is 26.5. The van der Waals surface area contributed by atoms with Gasteiger partial charge in [0.15, 0.2) is 0 Å². The molecule has 0 spiro atoms. The lowest BCUT2D eigenvalue weighted by Gasteiger charge is -2.27. The minimum Gasteiger partial charge on any atom is -0.393 e. The molecule has 2 nitrogen and oxygen atoms in total. The minimum atomic E-state index is -0.123. The minimum absolute atomic E-state index is 0.123. The summed E-state index contributed by atoms with van der Waals surface area (Å²) in [5.74, 6) is 1.39. The highest BCUT2D eigenvalue weighted by Gasteiger charge is 2.22. The highest BCUT2D eigenvalue weighted by molar-refractivity contribution is 7.99. The molecule has 1 aliphatic heterocycles. The van der Waals surface area contributed by atoms with E-state index in [0.29, 0.717) is 5.92 Å². The van der Waals surface area contributed by atoms with Crippen LogP contribution in [0.25, 0.3) is 0 Å². The van der Waals surface area contributed by atoms with Crippen molar-refractivity contribution in [3.8, 4) is 0 Å². The first-order valence-corrected chi connectivity index (χ1v) is 6.41. The second-order valence-corrected chi connectivity index (χ2v) is 5.04. The van der Waals surface area contributed by atoms with E-state index in [2.05, 4.69) is 29.6 Å². The molecule has 0 bridgehead atoms. The van der Waals surface area contributed by atoms with Gasteiger partial charge in [-0.25, -0.2) is 0 Å². The Morgan fingerprint density at radius 2 is 2.13 bits per heavy atom. The maximum absolute atomic E-state index is 9.79. The summed E-state index contributed by atoms with van der Waals surface area (Å²) >= 11 is 1.83. The van der Waals surface area contributed by atoms with Crippen molar-refractivity contribution in [1.82, 2.24) is 5.32 Å². The molecule has 0 saturated carbocycles. The van der Waals surface area contributed by atoms with Crippen LogP contribution in [0.3, 0.4) is 0 Å². The molecule has 2 rings (SSSR count). The Balaban J connectivity index is 1.82. The molecule has 1 heterocycles. The number of piperidine rings is 1. The Kier molecular flexibility index (Phi) is 4.06. The summed E-state index contributed by atoms with van der Waals surface area (Å²) in [5.41, 5.74) is 0. The van der Waals surface area contributed by atoms with E-state index < -0.39 is 0 Å². The van der Waals surface area contributed by atoms with E-state index in [4.69, 9.17) is 0 Å². The topological polar surface area (TPSA) is 32.3 Å². The maximum atomic E-state index is 9.79. The first-order valence-electron chi connectivity index (χ1n) is 5.43. The fraction of sp³-hybridized carbons (Fsp3) is 0.500.